The van der Waals surface area contributed by atoms with Crippen LogP contribution in [0.25, 0.3) is 0 Å². The molecule has 0 aliphatic carbocycles. The van der Waals surface area contributed by atoms with Gasteiger partial charge in [-0.15, -0.1) is 6.58 Å². The van der Waals surface area contributed by atoms with Gasteiger partial charge in [0.1, 0.15) is 5.75 Å². The lowest BCUT2D eigenvalue weighted by molar-refractivity contribution is -0.143. The Hall–Kier alpha value is -2.30. The van der Waals surface area contributed by atoms with Crippen molar-refractivity contribution in [2.75, 3.05) is 26.2 Å². The van der Waals surface area contributed by atoms with Gasteiger partial charge in [-0.1, -0.05) is 45.0 Å². The third-order valence-corrected chi connectivity index (χ3v) is 5.20. The molecule has 0 aromatic heterocycles. The standard InChI is InChI=1S/C22H30N2O3/c1-5-11-23-14-16-15-27-18-9-7-6-8-17(18)21(16)24(12-10-19(23)25)20(26)13-22(2,3)4/h5-9,16,21H,1,10-15H2,2-4H3/t16-,21-/m0/s1. The Morgan fingerprint density at radius 3 is 2.78 bits per heavy atom. The lowest BCUT2D eigenvalue weighted by atomic mass is 9.85. The van der Waals surface area contributed by atoms with Crippen molar-refractivity contribution in [3.8, 4) is 5.75 Å². The van der Waals surface area contributed by atoms with E-state index in [2.05, 4.69) is 27.4 Å². The van der Waals surface area contributed by atoms with E-state index in [1.807, 2.05) is 34.1 Å². The molecule has 0 radical (unpaired) electrons. The number of hydrogen-bond acceptors (Lipinski definition) is 3. The topological polar surface area (TPSA) is 49.9 Å². The van der Waals surface area contributed by atoms with Crippen LogP contribution in [0.5, 0.6) is 5.75 Å². The third kappa shape index (κ3) is 4.34. The molecule has 0 bridgehead atoms. The third-order valence-electron chi connectivity index (χ3n) is 5.20. The van der Waals surface area contributed by atoms with Crippen LogP contribution >= 0.6 is 0 Å². The first-order valence-corrected chi connectivity index (χ1v) is 9.70. The Labute approximate surface area is 162 Å². The Morgan fingerprint density at radius 1 is 1.33 bits per heavy atom. The molecule has 5 nitrogen and oxygen atoms in total. The van der Waals surface area contributed by atoms with Gasteiger partial charge in [0.2, 0.25) is 11.8 Å². The summed E-state index contributed by atoms with van der Waals surface area (Å²) in [5.74, 6) is 1.07. The van der Waals surface area contributed by atoms with Crippen molar-refractivity contribution in [2.24, 2.45) is 11.3 Å². The van der Waals surface area contributed by atoms with E-state index in [0.29, 0.717) is 39.1 Å². The molecular weight excluding hydrogens is 340 g/mol. The normalized spacial score (nSPS) is 22.9. The average molecular weight is 370 g/mol. The summed E-state index contributed by atoms with van der Waals surface area (Å²) in [7, 11) is 0. The van der Waals surface area contributed by atoms with Crippen LogP contribution in [-0.4, -0.2) is 47.9 Å². The summed E-state index contributed by atoms with van der Waals surface area (Å²) >= 11 is 0. The molecule has 146 valence electrons. The summed E-state index contributed by atoms with van der Waals surface area (Å²) in [6.07, 6.45) is 2.56. The molecule has 2 amide bonds. The maximum absolute atomic E-state index is 13.2. The molecule has 3 rings (SSSR count). The van der Waals surface area contributed by atoms with Crippen molar-refractivity contribution in [1.82, 2.24) is 9.80 Å². The predicted octanol–water partition coefficient (Wildman–Crippen LogP) is 3.42. The van der Waals surface area contributed by atoms with E-state index in [1.165, 1.54) is 0 Å². The van der Waals surface area contributed by atoms with Crippen molar-refractivity contribution >= 4 is 11.8 Å². The molecule has 0 unspecified atom stereocenters. The summed E-state index contributed by atoms with van der Waals surface area (Å²) in [6.45, 7) is 12.0. The second kappa shape index (κ2) is 7.75. The quantitative estimate of drug-likeness (QED) is 0.766. The van der Waals surface area contributed by atoms with Crippen molar-refractivity contribution in [3.63, 3.8) is 0 Å². The number of fused-ring (bicyclic) bond motifs is 3. The minimum absolute atomic E-state index is 0.0491. The first-order chi connectivity index (χ1) is 12.8. The van der Waals surface area contributed by atoms with Crippen LogP contribution in [-0.2, 0) is 9.59 Å². The lowest BCUT2D eigenvalue weighted by Crippen LogP contribution is -2.51. The number of carbonyl (C=O) groups is 2. The molecule has 1 saturated heterocycles. The van der Waals surface area contributed by atoms with Crippen LogP contribution in [0.3, 0.4) is 0 Å². The number of ether oxygens (including phenoxy) is 1. The van der Waals surface area contributed by atoms with Gasteiger partial charge in [0.25, 0.3) is 0 Å². The summed E-state index contributed by atoms with van der Waals surface area (Å²) in [6, 6.07) is 7.89. The number of hydrogen-bond donors (Lipinski definition) is 0. The molecule has 2 aliphatic heterocycles. The van der Waals surface area contributed by atoms with Gasteiger partial charge >= 0.3 is 0 Å². The summed E-state index contributed by atoms with van der Waals surface area (Å²) in [4.78, 5) is 29.6. The highest BCUT2D eigenvalue weighted by molar-refractivity contribution is 5.80. The molecule has 0 N–H and O–H groups in total. The summed E-state index contributed by atoms with van der Waals surface area (Å²) in [5.41, 5.74) is 0.947. The Morgan fingerprint density at radius 2 is 2.07 bits per heavy atom. The zero-order chi connectivity index (χ0) is 19.6. The fourth-order valence-corrected chi connectivity index (χ4v) is 4.04. The second-order valence-electron chi connectivity index (χ2n) is 8.72. The van der Waals surface area contributed by atoms with Gasteiger partial charge in [0, 0.05) is 44.0 Å². The Bertz CT molecular complexity index is 723. The van der Waals surface area contributed by atoms with Gasteiger partial charge in [-0.25, -0.2) is 0 Å². The highest BCUT2D eigenvalue weighted by Crippen LogP contribution is 2.41. The molecule has 1 aromatic carbocycles. The molecule has 1 fully saturated rings. The zero-order valence-corrected chi connectivity index (χ0v) is 16.6. The van der Waals surface area contributed by atoms with E-state index in [-0.39, 0.29) is 29.2 Å². The van der Waals surface area contributed by atoms with Gasteiger partial charge in [-0.2, -0.15) is 0 Å². The fraction of sp³-hybridized carbons (Fsp3) is 0.545. The minimum Gasteiger partial charge on any atom is -0.493 e. The van der Waals surface area contributed by atoms with E-state index in [9.17, 15) is 9.59 Å². The molecule has 2 aliphatic rings. The van der Waals surface area contributed by atoms with Gasteiger partial charge in [-0.05, 0) is 11.5 Å². The molecule has 2 heterocycles. The van der Waals surface area contributed by atoms with E-state index in [4.69, 9.17) is 4.74 Å². The van der Waals surface area contributed by atoms with Crippen LogP contribution in [0.4, 0.5) is 0 Å². The highest BCUT2D eigenvalue weighted by Gasteiger charge is 2.41. The average Bonchev–Trinajstić information content (AvgIpc) is 2.59. The number of benzene rings is 1. The SMILES string of the molecule is C=CCN1C[C@H]2COc3ccccc3[C@H]2N(C(=O)CC(C)(C)C)CCC1=O. The molecular formula is C22H30N2O3. The summed E-state index contributed by atoms with van der Waals surface area (Å²) < 4.78 is 5.98. The van der Waals surface area contributed by atoms with E-state index >= 15 is 0 Å². The highest BCUT2D eigenvalue weighted by atomic mass is 16.5. The van der Waals surface area contributed by atoms with Crippen molar-refractivity contribution in [1.29, 1.82) is 0 Å². The van der Waals surface area contributed by atoms with Crippen molar-refractivity contribution < 1.29 is 14.3 Å². The van der Waals surface area contributed by atoms with E-state index < -0.39 is 0 Å². The molecule has 2 atom stereocenters. The number of rotatable bonds is 3. The number of nitrogens with zero attached hydrogens (tertiary/aromatic N) is 2. The smallest absolute Gasteiger partial charge is 0.224 e. The maximum Gasteiger partial charge on any atom is 0.224 e. The largest absolute Gasteiger partial charge is 0.493 e. The first kappa shape index (κ1) is 19.5. The first-order valence-electron chi connectivity index (χ1n) is 9.70. The van der Waals surface area contributed by atoms with Crippen LogP contribution in [0.15, 0.2) is 36.9 Å². The molecule has 1 aromatic rings. The lowest BCUT2D eigenvalue weighted by Gasteiger charge is -2.45. The number of carbonyl (C=O) groups excluding carboxylic acids is 2. The molecule has 5 heteroatoms. The Kier molecular flexibility index (Phi) is 5.59. The van der Waals surface area contributed by atoms with Crippen LogP contribution in [0.2, 0.25) is 0 Å². The minimum atomic E-state index is -0.0987. The fourth-order valence-electron chi connectivity index (χ4n) is 4.04. The van der Waals surface area contributed by atoms with Gasteiger partial charge in [0.15, 0.2) is 0 Å². The van der Waals surface area contributed by atoms with Gasteiger partial charge in [0.05, 0.1) is 12.6 Å². The van der Waals surface area contributed by atoms with E-state index in [0.717, 1.165) is 11.3 Å². The maximum atomic E-state index is 13.2. The Balaban J connectivity index is 1.98. The molecule has 0 saturated carbocycles. The van der Waals surface area contributed by atoms with Crippen LogP contribution in [0, 0.1) is 11.3 Å². The molecule has 0 spiro atoms. The van der Waals surface area contributed by atoms with Crippen molar-refractivity contribution in [2.45, 2.75) is 39.7 Å². The van der Waals surface area contributed by atoms with Gasteiger partial charge < -0.3 is 14.5 Å². The second-order valence-corrected chi connectivity index (χ2v) is 8.72. The monoisotopic (exact) mass is 370 g/mol. The van der Waals surface area contributed by atoms with Crippen LogP contribution < -0.4 is 4.74 Å². The summed E-state index contributed by atoms with van der Waals surface area (Å²) in [5, 5.41) is 0. The van der Waals surface area contributed by atoms with Crippen molar-refractivity contribution in [3.05, 3.63) is 42.5 Å². The molecule has 27 heavy (non-hydrogen) atoms. The number of amides is 2. The van der Waals surface area contributed by atoms with E-state index in [1.54, 1.807) is 6.08 Å². The van der Waals surface area contributed by atoms with Gasteiger partial charge in [-0.3, -0.25) is 9.59 Å². The number of para-hydroxylation sites is 1. The predicted molar refractivity (Wildman–Crippen MR) is 105 cm³/mol. The zero-order valence-electron chi connectivity index (χ0n) is 16.6. The van der Waals surface area contributed by atoms with Crippen LogP contribution in [0.1, 0.15) is 45.2 Å².